The fourth-order valence-corrected chi connectivity index (χ4v) is 4.42. The van der Waals surface area contributed by atoms with Crippen LogP contribution in [0.1, 0.15) is 43.9 Å². The van der Waals surface area contributed by atoms with E-state index in [9.17, 15) is 10.2 Å². The van der Waals surface area contributed by atoms with E-state index in [4.69, 9.17) is 16.3 Å². The smallest absolute Gasteiger partial charge is 0.133 e. The zero-order chi connectivity index (χ0) is 18.1. The third-order valence-electron chi connectivity index (χ3n) is 5.81. The number of hydrogen-bond acceptors (Lipinski definition) is 4. The number of benzene rings is 1. The van der Waals surface area contributed by atoms with E-state index in [0.29, 0.717) is 37.1 Å². The molecule has 1 aliphatic heterocycles. The van der Waals surface area contributed by atoms with Gasteiger partial charge in [-0.25, -0.2) is 0 Å². The molecule has 1 aliphatic carbocycles. The van der Waals surface area contributed by atoms with Crippen molar-refractivity contribution in [2.45, 2.75) is 50.5 Å². The average Bonchev–Trinajstić information content (AvgIpc) is 3.25. The quantitative estimate of drug-likeness (QED) is 0.647. The molecule has 1 aromatic heterocycles. The topological polar surface area (TPSA) is 66.7 Å². The predicted octanol–water partition coefficient (Wildman–Crippen LogP) is 3.22. The molecular formula is C20H27ClN2O3. The van der Waals surface area contributed by atoms with Gasteiger partial charge in [0.2, 0.25) is 0 Å². The van der Waals surface area contributed by atoms with Crippen molar-refractivity contribution in [3.63, 3.8) is 0 Å². The molecule has 2 fully saturated rings. The number of aromatic nitrogens is 1. The lowest BCUT2D eigenvalue weighted by molar-refractivity contribution is -0.182. The van der Waals surface area contributed by atoms with Gasteiger partial charge in [0.25, 0.3) is 0 Å². The summed E-state index contributed by atoms with van der Waals surface area (Å²) in [6.45, 7) is 2.28. The van der Waals surface area contributed by atoms with Gasteiger partial charge in [0.1, 0.15) is 11.8 Å². The summed E-state index contributed by atoms with van der Waals surface area (Å²) in [6, 6.07) is 5.79. The highest BCUT2D eigenvalue weighted by atomic mass is 35.5. The van der Waals surface area contributed by atoms with Gasteiger partial charge in [0.05, 0.1) is 18.2 Å². The summed E-state index contributed by atoms with van der Waals surface area (Å²) in [5, 5.41) is 25.9. The van der Waals surface area contributed by atoms with Gasteiger partial charge in [-0.05, 0) is 37.3 Å². The van der Waals surface area contributed by atoms with Crippen LogP contribution in [-0.4, -0.2) is 40.1 Å². The van der Waals surface area contributed by atoms with E-state index in [1.54, 1.807) is 0 Å². The summed E-state index contributed by atoms with van der Waals surface area (Å²) < 4.78 is 7.20. The van der Waals surface area contributed by atoms with E-state index < -0.39 is 11.8 Å². The number of aryl methyl sites for hydroxylation is 1. The van der Waals surface area contributed by atoms with E-state index >= 15 is 0 Å². The second-order valence-electron chi connectivity index (χ2n) is 7.84. The number of aliphatic hydroxyl groups is 2. The Hall–Kier alpha value is -1.11. The molecule has 2 heterocycles. The first-order valence-corrected chi connectivity index (χ1v) is 9.92. The molecule has 2 aliphatic rings. The molecule has 26 heavy (non-hydrogen) atoms. The Labute approximate surface area is 158 Å². The SMILES string of the molecule is OC(NCC1CCCC1)c1cn(CCC2(O)COC2)c2cccc(Cl)c12. The Bertz CT molecular complexity index is 766. The third kappa shape index (κ3) is 3.64. The number of nitrogens with zero attached hydrogens (tertiary/aromatic N) is 1. The Morgan fingerprint density at radius 3 is 2.77 bits per heavy atom. The summed E-state index contributed by atoms with van der Waals surface area (Å²) in [5.41, 5.74) is 1.06. The van der Waals surface area contributed by atoms with Crippen molar-refractivity contribution in [2.75, 3.05) is 19.8 Å². The van der Waals surface area contributed by atoms with Crippen LogP contribution in [0.4, 0.5) is 0 Å². The molecule has 0 amide bonds. The minimum atomic E-state index is -0.741. The lowest BCUT2D eigenvalue weighted by Gasteiger charge is -2.36. The molecule has 2 aromatic rings. The fourth-order valence-electron chi connectivity index (χ4n) is 4.15. The molecule has 1 aromatic carbocycles. The van der Waals surface area contributed by atoms with Crippen LogP contribution in [0, 0.1) is 5.92 Å². The summed E-state index contributed by atoms with van der Waals surface area (Å²) in [4.78, 5) is 0. The fraction of sp³-hybridized carbons (Fsp3) is 0.600. The highest BCUT2D eigenvalue weighted by Crippen LogP contribution is 2.33. The number of ether oxygens (including phenoxy) is 1. The molecule has 1 unspecified atom stereocenters. The summed E-state index contributed by atoms with van der Waals surface area (Å²) in [5.74, 6) is 0.654. The van der Waals surface area contributed by atoms with Gasteiger partial charge in [-0.3, -0.25) is 5.32 Å². The van der Waals surface area contributed by atoms with E-state index in [2.05, 4.69) is 9.88 Å². The van der Waals surface area contributed by atoms with Gasteiger partial charge in [-0.15, -0.1) is 0 Å². The minimum Gasteiger partial charge on any atom is -0.385 e. The minimum absolute atomic E-state index is 0.394. The van der Waals surface area contributed by atoms with Gasteiger partial charge in [0, 0.05) is 35.8 Å². The molecule has 1 saturated carbocycles. The van der Waals surface area contributed by atoms with Crippen LogP contribution in [-0.2, 0) is 11.3 Å². The molecular weight excluding hydrogens is 352 g/mol. The van der Waals surface area contributed by atoms with Gasteiger partial charge >= 0.3 is 0 Å². The maximum atomic E-state index is 10.7. The molecule has 3 N–H and O–H groups in total. The van der Waals surface area contributed by atoms with Crippen molar-refractivity contribution >= 4 is 22.5 Å². The van der Waals surface area contributed by atoms with Crippen molar-refractivity contribution in [2.24, 2.45) is 5.92 Å². The molecule has 1 atom stereocenters. The second-order valence-corrected chi connectivity index (χ2v) is 8.25. The highest BCUT2D eigenvalue weighted by Gasteiger charge is 2.35. The summed E-state index contributed by atoms with van der Waals surface area (Å²) in [6.07, 6.45) is 6.90. The Morgan fingerprint density at radius 2 is 2.08 bits per heavy atom. The van der Waals surface area contributed by atoms with E-state index in [1.165, 1.54) is 25.7 Å². The van der Waals surface area contributed by atoms with Crippen LogP contribution in [0.25, 0.3) is 10.9 Å². The van der Waals surface area contributed by atoms with Crippen molar-refractivity contribution in [3.8, 4) is 0 Å². The monoisotopic (exact) mass is 378 g/mol. The van der Waals surface area contributed by atoms with Crippen LogP contribution in [0.5, 0.6) is 0 Å². The van der Waals surface area contributed by atoms with Crippen molar-refractivity contribution < 1.29 is 14.9 Å². The van der Waals surface area contributed by atoms with Crippen LogP contribution >= 0.6 is 11.6 Å². The number of fused-ring (bicyclic) bond motifs is 1. The average molecular weight is 379 g/mol. The van der Waals surface area contributed by atoms with E-state index in [1.807, 2.05) is 24.4 Å². The largest absolute Gasteiger partial charge is 0.385 e. The third-order valence-corrected chi connectivity index (χ3v) is 6.13. The van der Waals surface area contributed by atoms with Gasteiger partial charge in [-0.2, -0.15) is 0 Å². The van der Waals surface area contributed by atoms with Crippen LogP contribution in [0.3, 0.4) is 0 Å². The maximum Gasteiger partial charge on any atom is 0.133 e. The van der Waals surface area contributed by atoms with Gasteiger partial charge < -0.3 is 19.5 Å². The first-order chi connectivity index (χ1) is 12.6. The lowest BCUT2D eigenvalue weighted by atomic mass is 9.98. The van der Waals surface area contributed by atoms with E-state index in [-0.39, 0.29) is 0 Å². The van der Waals surface area contributed by atoms with Gasteiger partial charge in [0.15, 0.2) is 0 Å². The second kappa shape index (κ2) is 7.49. The normalized spacial score (nSPS) is 21.2. The van der Waals surface area contributed by atoms with Crippen LogP contribution in [0.2, 0.25) is 5.02 Å². The highest BCUT2D eigenvalue weighted by molar-refractivity contribution is 6.35. The van der Waals surface area contributed by atoms with Crippen molar-refractivity contribution in [1.82, 2.24) is 9.88 Å². The van der Waals surface area contributed by atoms with E-state index in [0.717, 1.165) is 23.0 Å². The summed E-state index contributed by atoms with van der Waals surface area (Å²) >= 11 is 6.45. The molecule has 4 rings (SSSR count). The molecule has 1 saturated heterocycles. The maximum absolute atomic E-state index is 10.7. The van der Waals surface area contributed by atoms with Crippen LogP contribution < -0.4 is 5.32 Å². The number of nitrogens with one attached hydrogen (secondary N) is 1. The molecule has 142 valence electrons. The zero-order valence-electron chi connectivity index (χ0n) is 15.0. The number of aliphatic hydroxyl groups excluding tert-OH is 1. The molecule has 6 heteroatoms. The molecule has 0 bridgehead atoms. The van der Waals surface area contributed by atoms with Crippen LogP contribution in [0.15, 0.2) is 24.4 Å². The Balaban J connectivity index is 1.54. The number of hydrogen-bond donors (Lipinski definition) is 3. The first kappa shape index (κ1) is 18.3. The number of rotatable bonds is 7. The first-order valence-electron chi connectivity index (χ1n) is 9.55. The molecule has 0 radical (unpaired) electrons. The Morgan fingerprint density at radius 1 is 1.31 bits per heavy atom. The van der Waals surface area contributed by atoms with Gasteiger partial charge in [-0.1, -0.05) is 30.5 Å². The number of halogens is 1. The van der Waals surface area contributed by atoms with Crippen molar-refractivity contribution in [1.29, 1.82) is 0 Å². The Kier molecular flexibility index (Phi) is 5.26. The molecule has 0 spiro atoms. The lowest BCUT2D eigenvalue weighted by Crippen LogP contribution is -2.50. The summed E-state index contributed by atoms with van der Waals surface area (Å²) in [7, 11) is 0. The standard InChI is InChI=1S/C20H27ClN2O3/c21-16-6-3-7-17-18(16)15(19(24)22-10-14-4-1-2-5-14)11-23(17)9-8-20(25)12-26-13-20/h3,6-7,11,14,19,22,24-25H,1-2,4-5,8-10,12-13H2. The molecule has 5 nitrogen and oxygen atoms in total. The predicted molar refractivity (Wildman–Crippen MR) is 102 cm³/mol. The van der Waals surface area contributed by atoms with Crippen molar-refractivity contribution in [3.05, 3.63) is 35.0 Å². The zero-order valence-corrected chi connectivity index (χ0v) is 15.7.